The standard InChI is InChI=1S/C19H27N5O/c1-3-23-12-13-24(19(23)25)15-8-10-22(11-9-15)14-18-20-16-6-4-5-7-17(16)21(18)2/h4-7,15H,3,8-14H2,1-2H3. The monoisotopic (exact) mass is 341 g/mol. The third kappa shape index (κ3) is 2.99. The van der Waals surface area contributed by atoms with Crippen molar-refractivity contribution in [1.82, 2.24) is 24.3 Å². The molecule has 1 aromatic heterocycles. The average Bonchev–Trinajstić information content (AvgIpc) is 3.16. The molecule has 6 heteroatoms. The van der Waals surface area contributed by atoms with Crippen molar-refractivity contribution in [3.63, 3.8) is 0 Å². The van der Waals surface area contributed by atoms with Crippen LogP contribution >= 0.6 is 0 Å². The number of imidazole rings is 1. The number of urea groups is 1. The first-order valence-electron chi connectivity index (χ1n) is 9.35. The molecule has 25 heavy (non-hydrogen) atoms. The van der Waals surface area contributed by atoms with Crippen molar-refractivity contribution in [2.75, 3.05) is 32.7 Å². The van der Waals surface area contributed by atoms with Crippen molar-refractivity contribution in [2.45, 2.75) is 32.4 Å². The van der Waals surface area contributed by atoms with Crippen LogP contribution in [0.2, 0.25) is 0 Å². The third-order valence-corrected chi connectivity index (χ3v) is 5.75. The van der Waals surface area contributed by atoms with Gasteiger partial charge in [0.2, 0.25) is 0 Å². The van der Waals surface area contributed by atoms with E-state index in [1.165, 1.54) is 5.52 Å². The van der Waals surface area contributed by atoms with Gasteiger partial charge in [0.15, 0.2) is 0 Å². The number of aromatic nitrogens is 2. The van der Waals surface area contributed by atoms with E-state index in [1.807, 2.05) is 11.0 Å². The number of carbonyl (C=O) groups excluding carboxylic acids is 1. The number of para-hydroxylation sites is 2. The van der Waals surface area contributed by atoms with Crippen molar-refractivity contribution in [3.8, 4) is 0 Å². The lowest BCUT2D eigenvalue weighted by Crippen LogP contribution is -2.46. The molecule has 134 valence electrons. The minimum atomic E-state index is 0.233. The molecule has 0 spiro atoms. The maximum absolute atomic E-state index is 12.4. The molecule has 0 radical (unpaired) electrons. The lowest BCUT2D eigenvalue weighted by Gasteiger charge is -2.36. The summed E-state index contributed by atoms with van der Waals surface area (Å²) < 4.78 is 2.20. The maximum atomic E-state index is 12.4. The Hall–Kier alpha value is -2.08. The minimum absolute atomic E-state index is 0.233. The Balaban J connectivity index is 1.37. The number of benzene rings is 1. The Labute approximate surface area is 149 Å². The minimum Gasteiger partial charge on any atom is -0.330 e. The molecule has 0 N–H and O–H groups in total. The molecule has 0 bridgehead atoms. The number of rotatable bonds is 4. The van der Waals surface area contributed by atoms with Gasteiger partial charge in [-0.25, -0.2) is 9.78 Å². The Morgan fingerprint density at radius 1 is 1.12 bits per heavy atom. The normalized spacial score (nSPS) is 20.2. The highest BCUT2D eigenvalue weighted by molar-refractivity contribution is 5.77. The van der Waals surface area contributed by atoms with Gasteiger partial charge in [0.25, 0.3) is 0 Å². The van der Waals surface area contributed by atoms with E-state index in [4.69, 9.17) is 4.98 Å². The largest absolute Gasteiger partial charge is 0.330 e. The van der Waals surface area contributed by atoms with Gasteiger partial charge < -0.3 is 14.4 Å². The topological polar surface area (TPSA) is 44.6 Å². The Morgan fingerprint density at radius 2 is 1.88 bits per heavy atom. The first kappa shape index (κ1) is 16.4. The van der Waals surface area contributed by atoms with E-state index in [9.17, 15) is 4.79 Å². The van der Waals surface area contributed by atoms with Crippen molar-refractivity contribution >= 4 is 17.1 Å². The fraction of sp³-hybridized carbons (Fsp3) is 0.579. The summed E-state index contributed by atoms with van der Waals surface area (Å²) in [6, 6.07) is 8.93. The zero-order valence-corrected chi connectivity index (χ0v) is 15.2. The molecule has 6 nitrogen and oxygen atoms in total. The molecule has 2 saturated heterocycles. The van der Waals surface area contributed by atoms with Crippen molar-refractivity contribution < 1.29 is 4.79 Å². The highest BCUT2D eigenvalue weighted by Crippen LogP contribution is 2.23. The summed E-state index contributed by atoms with van der Waals surface area (Å²) in [7, 11) is 2.10. The predicted molar refractivity (Wildman–Crippen MR) is 98.4 cm³/mol. The predicted octanol–water partition coefficient (Wildman–Crippen LogP) is 2.30. The van der Waals surface area contributed by atoms with Gasteiger partial charge in [-0.2, -0.15) is 0 Å². The Bertz CT molecular complexity index is 762. The fourth-order valence-electron chi connectivity index (χ4n) is 4.16. The average molecular weight is 341 g/mol. The van der Waals surface area contributed by atoms with E-state index in [2.05, 4.69) is 46.5 Å². The van der Waals surface area contributed by atoms with Crippen molar-refractivity contribution in [1.29, 1.82) is 0 Å². The van der Waals surface area contributed by atoms with E-state index in [-0.39, 0.29) is 6.03 Å². The highest BCUT2D eigenvalue weighted by Gasteiger charge is 2.34. The van der Waals surface area contributed by atoms with E-state index in [0.717, 1.165) is 63.5 Å². The van der Waals surface area contributed by atoms with Gasteiger partial charge >= 0.3 is 6.03 Å². The van der Waals surface area contributed by atoms with Crippen LogP contribution in [0.5, 0.6) is 0 Å². The summed E-state index contributed by atoms with van der Waals surface area (Å²) >= 11 is 0. The smallest absolute Gasteiger partial charge is 0.320 e. The zero-order valence-electron chi connectivity index (χ0n) is 15.2. The van der Waals surface area contributed by atoms with Crippen LogP contribution in [-0.2, 0) is 13.6 Å². The molecule has 1 aromatic carbocycles. The second kappa shape index (κ2) is 6.67. The lowest BCUT2D eigenvalue weighted by molar-refractivity contribution is 0.125. The number of amides is 2. The number of hydrogen-bond acceptors (Lipinski definition) is 3. The van der Waals surface area contributed by atoms with Gasteiger partial charge in [-0.05, 0) is 31.9 Å². The van der Waals surface area contributed by atoms with E-state index >= 15 is 0 Å². The van der Waals surface area contributed by atoms with E-state index < -0.39 is 0 Å². The summed E-state index contributed by atoms with van der Waals surface area (Å²) in [6.07, 6.45) is 2.13. The van der Waals surface area contributed by atoms with Crippen LogP contribution in [0.3, 0.4) is 0 Å². The summed E-state index contributed by atoms with van der Waals surface area (Å²) in [4.78, 5) is 23.7. The van der Waals surface area contributed by atoms with Gasteiger partial charge in [-0.1, -0.05) is 12.1 Å². The zero-order chi connectivity index (χ0) is 17.4. The van der Waals surface area contributed by atoms with Gasteiger partial charge in [0.1, 0.15) is 5.82 Å². The van der Waals surface area contributed by atoms with Gasteiger partial charge in [-0.3, -0.25) is 4.90 Å². The quantitative estimate of drug-likeness (QED) is 0.857. The summed E-state index contributed by atoms with van der Waals surface area (Å²) in [5.74, 6) is 1.12. The Kier molecular flexibility index (Phi) is 4.37. The van der Waals surface area contributed by atoms with Gasteiger partial charge in [0.05, 0.1) is 17.6 Å². The van der Waals surface area contributed by atoms with Crippen LogP contribution in [-0.4, -0.2) is 69.0 Å². The van der Waals surface area contributed by atoms with Crippen LogP contribution in [0.1, 0.15) is 25.6 Å². The van der Waals surface area contributed by atoms with Gasteiger partial charge in [-0.15, -0.1) is 0 Å². The number of hydrogen-bond donors (Lipinski definition) is 0. The Morgan fingerprint density at radius 3 is 2.56 bits per heavy atom. The molecule has 4 rings (SSSR count). The molecule has 2 fully saturated rings. The summed E-state index contributed by atoms with van der Waals surface area (Å²) in [5, 5.41) is 0. The molecule has 0 unspecified atom stereocenters. The fourth-order valence-corrected chi connectivity index (χ4v) is 4.16. The molecule has 0 atom stereocenters. The molecule has 2 aliphatic rings. The van der Waals surface area contributed by atoms with E-state index in [1.54, 1.807) is 0 Å². The molecule has 2 aromatic rings. The molecule has 0 aliphatic carbocycles. The van der Waals surface area contributed by atoms with Crippen LogP contribution < -0.4 is 0 Å². The number of nitrogens with zero attached hydrogens (tertiary/aromatic N) is 5. The van der Waals surface area contributed by atoms with Crippen molar-refractivity contribution in [2.24, 2.45) is 7.05 Å². The number of aryl methyl sites for hydroxylation is 1. The molecule has 3 heterocycles. The molecule has 0 saturated carbocycles. The van der Waals surface area contributed by atoms with E-state index in [0.29, 0.717) is 6.04 Å². The summed E-state index contributed by atoms with van der Waals surface area (Å²) in [6.45, 7) is 7.60. The number of fused-ring (bicyclic) bond motifs is 1. The van der Waals surface area contributed by atoms with Crippen LogP contribution in [0.4, 0.5) is 4.79 Å². The second-order valence-corrected chi connectivity index (χ2v) is 7.14. The number of likely N-dealkylation sites (N-methyl/N-ethyl adjacent to an activating group) is 1. The summed E-state index contributed by atoms with van der Waals surface area (Å²) in [5.41, 5.74) is 2.26. The molecular formula is C19H27N5O. The van der Waals surface area contributed by atoms with Crippen LogP contribution in [0.25, 0.3) is 11.0 Å². The lowest BCUT2D eigenvalue weighted by atomic mass is 10.0. The molecule has 2 amide bonds. The van der Waals surface area contributed by atoms with Crippen LogP contribution in [0.15, 0.2) is 24.3 Å². The number of likely N-dealkylation sites (tertiary alicyclic amines) is 1. The number of carbonyl (C=O) groups is 1. The highest BCUT2D eigenvalue weighted by atomic mass is 16.2. The maximum Gasteiger partial charge on any atom is 0.320 e. The van der Waals surface area contributed by atoms with Gasteiger partial charge in [0, 0.05) is 45.8 Å². The molecular weight excluding hydrogens is 314 g/mol. The first-order valence-corrected chi connectivity index (χ1v) is 9.35. The number of piperidine rings is 1. The molecule has 2 aliphatic heterocycles. The second-order valence-electron chi connectivity index (χ2n) is 7.14. The first-order chi connectivity index (χ1) is 12.2. The third-order valence-electron chi connectivity index (χ3n) is 5.75. The van der Waals surface area contributed by atoms with Crippen molar-refractivity contribution in [3.05, 3.63) is 30.1 Å². The SMILES string of the molecule is CCN1CCN(C2CCN(Cc3nc4ccccc4n3C)CC2)C1=O. The van der Waals surface area contributed by atoms with Crippen LogP contribution in [0, 0.1) is 0 Å².